The average Bonchev–Trinajstić information content (AvgIpc) is 2.32. The van der Waals surface area contributed by atoms with Crippen molar-refractivity contribution in [3.63, 3.8) is 0 Å². The number of benzene rings is 2. The Bertz CT molecular complexity index is 503. The Morgan fingerprint density at radius 2 is 1.71 bits per heavy atom. The molecule has 0 aliphatic heterocycles. The highest BCUT2D eigenvalue weighted by atomic mass is 35.5. The van der Waals surface area contributed by atoms with Crippen LogP contribution in [0.1, 0.15) is 16.7 Å². The van der Waals surface area contributed by atoms with Crippen molar-refractivity contribution in [2.24, 2.45) is 0 Å². The molecule has 1 N–H and O–H groups in total. The summed E-state index contributed by atoms with van der Waals surface area (Å²) in [6, 6.07) is 14.4. The van der Waals surface area contributed by atoms with Crippen molar-refractivity contribution in [3.8, 4) is 0 Å². The summed E-state index contributed by atoms with van der Waals surface area (Å²) >= 11 is 5.85. The first-order chi connectivity index (χ1) is 8.15. The van der Waals surface area contributed by atoms with E-state index in [1.807, 2.05) is 24.3 Å². The van der Waals surface area contributed by atoms with E-state index in [0.29, 0.717) is 0 Å². The average molecular weight is 246 g/mol. The van der Waals surface area contributed by atoms with Gasteiger partial charge in [-0.2, -0.15) is 0 Å². The van der Waals surface area contributed by atoms with E-state index in [0.717, 1.165) is 11.6 Å². The molecule has 0 aromatic heterocycles. The van der Waals surface area contributed by atoms with Crippen molar-refractivity contribution < 1.29 is 0 Å². The Morgan fingerprint density at radius 3 is 2.41 bits per heavy atom. The third-order valence-corrected chi connectivity index (χ3v) is 3.04. The third kappa shape index (κ3) is 3.24. The molecule has 2 aromatic rings. The first kappa shape index (κ1) is 12.0. The van der Waals surface area contributed by atoms with Gasteiger partial charge in [0.15, 0.2) is 0 Å². The largest absolute Gasteiger partial charge is 0.381 e. The number of hydrogen-bond donors (Lipinski definition) is 1. The predicted octanol–water partition coefficient (Wildman–Crippen LogP) is 4.57. The van der Waals surface area contributed by atoms with Crippen LogP contribution in [0, 0.1) is 13.8 Å². The number of nitrogens with one attached hydrogen (secondary N) is 1. The summed E-state index contributed by atoms with van der Waals surface area (Å²) < 4.78 is 0. The number of anilines is 1. The lowest BCUT2D eigenvalue weighted by atomic mass is 10.1. The summed E-state index contributed by atoms with van der Waals surface area (Å²) in [5.41, 5.74) is 4.97. The maximum atomic E-state index is 5.85. The van der Waals surface area contributed by atoms with Crippen LogP contribution < -0.4 is 5.32 Å². The molecule has 2 aromatic carbocycles. The minimum atomic E-state index is 0.778. The molecule has 2 heteroatoms. The van der Waals surface area contributed by atoms with Gasteiger partial charge in [0.2, 0.25) is 0 Å². The van der Waals surface area contributed by atoms with Gasteiger partial charge in [0.05, 0.1) is 0 Å². The quantitative estimate of drug-likeness (QED) is 0.835. The van der Waals surface area contributed by atoms with Crippen LogP contribution in [-0.2, 0) is 6.54 Å². The van der Waals surface area contributed by atoms with Gasteiger partial charge in [0, 0.05) is 17.3 Å². The Balaban J connectivity index is 2.07. The Hall–Kier alpha value is -1.47. The zero-order valence-corrected chi connectivity index (χ0v) is 10.9. The zero-order chi connectivity index (χ0) is 12.3. The second-order valence-corrected chi connectivity index (χ2v) is 4.73. The summed E-state index contributed by atoms with van der Waals surface area (Å²) in [6.45, 7) is 5.04. The molecular weight excluding hydrogens is 230 g/mol. The van der Waals surface area contributed by atoms with E-state index < -0.39 is 0 Å². The van der Waals surface area contributed by atoms with E-state index in [1.165, 1.54) is 22.4 Å². The number of halogens is 1. The number of aryl methyl sites for hydroxylation is 2. The standard InChI is InChI=1S/C15H16ClN/c1-11-3-4-12(2)15(9-11)17-10-13-5-7-14(16)8-6-13/h3-9,17H,10H2,1-2H3. The molecule has 0 aliphatic rings. The van der Waals surface area contributed by atoms with E-state index in [2.05, 4.69) is 37.4 Å². The van der Waals surface area contributed by atoms with Gasteiger partial charge < -0.3 is 5.32 Å². The van der Waals surface area contributed by atoms with Gasteiger partial charge in [-0.3, -0.25) is 0 Å². The SMILES string of the molecule is Cc1ccc(C)c(NCc2ccc(Cl)cc2)c1. The zero-order valence-electron chi connectivity index (χ0n) is 10.1. The fraction of sp³-hybridized carbons (Fsp3) is 0.200. The molecule has 0 aliphatic carbocycles. The van der Waals surface area contributed by atoms with Crippen LogP contribution in [0.4, 0.5) is 5.69 Å². The van der Waals surface area contributed by atoms with E-state index in [9.17, 15) is 0 Å². The third-order valence-electron chi connectivity index (χ3n) is 2.79. The van der Waals surface area contributed by atoms with E-state index in [4.69, 9.17) is 11.6 Å². The maximum absolute atomic E-state index is 5.85. The smallest absolute Gasteiger partial charge is 0.0406 e. The molecule has 0 fully saturated rings. The normalized spacial score (nSPS) is 10.3. The molecular formula is C15H16ClN. The van der Waals surface area contributed by atoms with Gasteiger partial charge in [-0.1, -0.05) is 35.9 Å². The first-order valence-electron chi connectivity index (χ1n) is 5.71. The Morgan fingerprint density at radius 1 is 1.00 bits per heavy atom. The van der Waals surface area contributed by atoms with Crippen molar-refractivity contribution in [1.82, 2.24) is 0 Å². The second kappa shape index (κ2) is 5.24. The molecule has 17 heavy (non-hydrogen) atoms. The molecule has 0 unspecified atom stereocenters. The maximum Gasteiger partial charge on any atom is 0.0406 e. The molecule has 1 nitrogen and oxygen atoms in total. The van der Waals surface area contributed by atoms with Crippen LogP contribution in [0.3, 0.4) is 0 Å². The Kier molecular flexibility index (Phi) is 3.70. The monoisotopic (exact) mass is 245 g/mol. The predicted molar refractivity (Wildman–Crippen MR) is 74.7 cm³/mol. The summed E-state index contributed by atoms with van der Waals surface area (Å²) in [7, 11) is 0. The summed E-state index contributed by atoms with van der Waals surface area (Å²) in [6.07, 6.45) is 0. The number of rotatable bonds is 3. The van der Waals surface area contributed by atoms with Gasteiger partial charge in [-0.05, 0) is 48.7 Å². The fourth-order valence-electron chi connectivity index (χ4n) is 1.73. The molecule has 0 amide bonds. The van der Waals surface area contributed by atoms with Gasteiger partial charge >= 0.3 is 0 Å². The minimum absolute atomic E-state index is 0.778. The van der Waals surface area contributed by atoms with Crippen LogP contribution >= 0.6 is 11.6 Å². The topological polar surface area (TPSA) is 12.0 Å². The lowest BCUT2D eigenvalue weighted by Crippen LogP contribution is -2.01. The van der Waals surface area contributed by atoms with Gasteiger partial charge in [0.25, 0.3) is 0 Å². The van der Waals surface area contributed by atoms with Crippen LogP contribution in [0.25, 0.3) is 0 Å². The lowest BCUT2D eigenvalue weighted by molar-refractivity contribution is 1.14. The van der Waals surface area contributed by atoms with Crippen molar-refractivity contribution in [2.75, 3.05) is 5.32 Å². The lowest BCUT2D eigenvalue weighted by Gasteiger charge is -2.10. The highest BCUT2D eigenvalue weighted by Crippen LogP contribution is 2.18. The highest BCUT2D eigenvalue weighted by Gasteiger charge is 1.98. The highest BCUT2D eigenvalue weighted by molar-refractivity contribution is 6.30. The van der Waals surface area contributed by atoms with E-state index in [1.54, 1.807) is 0 Å². The summed E-state index contributed by atoms with van der Waals surface area (Å²) in [5, 5.41) is 4.22. The first-order valence-corrected chi connectivity index (χ1v) is 6.08. The van der Waals surface area contributed by atoms with E-state index in [-0.39, 0.29) is 0 Å². The molecule has 0 spiro atoms. The van der Waals surface area contributed by atoms with Crippen LogP contribution in [-0.4, -0.2) is 0 Å². The molecule has 0 bridgehead atoms. The van der Waals surface area contributed by atoms with Crippen molar-refractivity contribution in [3.05, 3.63) is 64.2 Å². The molecule has 0 heterocycles. The molecule has 0 atom stereocenters. The van der Waals surface area contributed by atoms with Crippen molar-refractivity contribution >= 4 is 17.3 Å². The van der Waals surface area contributed by atoms with Crippen LogP contribution in [0.5, 0.6) is 0 Å². The number of hydrogen-bond acceptors (Lipinski definition) is 1. The summed E-state index contributed by atoms with van der Waals surface area (Å²) in [5.74, 6) is 0. The van der Waals surface area contributed by atoms with Crippen LogP contribution in [0.2, 0.25) is 5.02 Å². The van der Waals surface area contributed by atoms with E-state index >= 15 is 0 Å². The fourth-order valence-corrected chi connectivity index (χ4v) is 1.85. The molecule has 0 radical (unpaired) electrons. The van der Waals surface area contributed by atoms with Crippen molar-refractivity contribution in [1.29, 1.82) is 0 Å². The van der Waals surface area contributed by atoms with Gasteiger partial charge in [0.1, 0.15) is 0 Å². The minimum Gasteiger partial charge on any atom is -0.381 e. The molecule has 2 rings (SSSR count). The molecule has 0 saturated heterocycles. The van der Waals surface area contributed by atoms with Crippen LogP contribution in [0.15, 0.2) is 42.5 Å². The second-order valence-electron chi connectivity index (χ2n) is 4.30. The Labute approximate surface area is 107 Å². The molecule has 0 saturated carbocycles. The molecule has 88 valence electrons. The van der Waals surface area contributed by atoms with Gasteiger partial charge in [-0.15, -0.1) is 0 Å². The van der Waals surface area contributed by atoms with Gasteiger partial charge in [-0.25, -0.2) is 0 Å². The summed E-state index contributed by atoms with van der Waals surface area (Å²) in [4.78, 5) is 0. The van der Waals surface area contributed by atoms with Crippen molar-refractivity contribution in [2.45, 2.75) is 20.4 Å².